The lowest BCUT2D eigenvalue weighted by Crippen LogP contribution is -2.48. The molecule has 25 heavy (non-hydrogen) atoms. The lowest BCUT2D eigenvalue weighted by atomic mass is 9.92. The molecule has 8 heteroatoms. The van der Waals surface area contributed by atoms with Gasteiger partial charge in [-0.3, -0.25) is 9.79 Å². The van der Waals surface area contributed by atoms with Crippen LogP contribution in [0.25, 0.3) is 0 Å². The Morgan fingerprint density at radius 3 is 2.64 bits per heavy atom. The van der Waals surface area contributed by atoms with Gasteiger partial charge in [0.2, 0.25) is 5.91 Å². The van der Waals surface area contributed by atoms with E-state index in [1.54, 1.807) is 26.2 Å². The minimum absolute atomic E-state index is 0. The number of likely N-dealkylation sites (N-methyl/N-ethyl adjacent to an activating group) is 1. The molecule has 0 atom stereocenters. The first-order valence-electron chi connectivity index (χ1n) is 7.82. The van der Waals surface area contributed by atoms with Gasteiger partial charge < -0.3 is 20.3 Å². The number of carbonyl (C=O) groups is 1. The normalized spacial score (nSPS) is 11.4. The summed E-state index contributed by atoms with van der Waals surface area (Å²) in [4.78, 5) is 18.0. The van der Waals surface area contributed by atoms with Crippen molar-refractivity contribution in [1.82, 2.24) is 15.5 Å². The second kappa shape index (κ2) is 11.4. The summed E-state index contributed by atoms with van der Waals surface area (Å²) < 4.78 is 5.68. The summed E-state index contributed by atoms with van der Waals surface area (Å²) in [6.45, 7) is 5.39. The molecule has 1 aromatic rings. The molecule has 0 radical (unpaired) electrons. The fourth-order valence-corrected chi connectivity index (χ4v) is 2.25. The van der Waals surface area contributed by atoms with Crippen molar-refractivity contribution in [3.05, 3.63) is 29.3 Å². The maximum atomic E-state index is 11.8. The zero-order valence-corrected chi connectivity index (χ0v) is 18.5. The van der Waals surface area contributed by atoms with Gasteiger partial charge in [-0.2, -0.15) is 0 Å². The summed E-state index contributed by atoms with van der Waals surface area (Å²) >= 11 is 5.93. The van der Waals surface area contributed by atoms with Gasteiger partial charge in [0.05, 0.1) is 12.0 Å². The summed E-state index contributed by atoms with van der Waals surface area (Å²) in [5.74, 6) is 1.43. The molecular weight excluding hydrogens is 455 g/mol. The van der Waals surface area contributed by atoms with E-state index >= 15 is 0 Å². The molecule has 0 spiro atoms. The largest absolute Gasteiger partial charge is 0.492 e. The van der Waals surface area contributed by atoms with Crippen LogP contribution in [0.1, 0.15) is 13.8 Å². The van der Waals surface area contributed by atoms with Crippen molar-refractivity contribution in [2.24, 2.45) is 10.4 Å². The minimum atomic E-state index is -0.525. The number of guanidine groups is 1. The van der Waals surface area contributed by atoms with E-state index in [9.17, 15) is 4.79 Å². The van der Waals surface area contributed by atoms with Gasteiger partial charge in [-0.05, 0) is 32.0 Å². The molecule has 0 heterocycles. The molecule has 6 nitrogen and oxygen atoms in total. The van der Waals surface area contributed by atoms with Gasteiger partial charge in [-0.25, -0.2) is 0 Å². The first-order chi connectivity index (χ1) is 11.3. The van der Waals surface area contributed by atoms with Crippen LogP contribution in [0, 0.1) is 5.41 Å². The molecular formula is C17H28ClIN4O2. The Morgan fingerprint density at radius 2 is 2.08 bits per heavy atom. The van der Waals surface area contributed by atoms with E-state index in [1.807, 2.05) is 37.9 Å². The minimum Gasteiger partial charge on any atom is -0.492 e. The number of nitrogens with zero attached hydrogens (tertiary/aromatic N) is 2. The van der Waals surface area contributed by atoms with Crippen molar-refractivity contribution < 1.29 is 9.53 Å². The molecule has 0 unspecified atom stereocenters. The third-order valence-electron chi connectivity index (χ3n) is 3.60. The Labute approximate surface area is 172 Å². The van der Waals surface area contributed by atoms with E-state index in [1.165, 1.54) is 0 Å². The van der Waals surface area contributed by atoms with Crippen molar-refractivity contribution in [3.63, 3.8) is 0 Å². The second-order valence-electron chi connectivity index (χ2n) is 6.09. The number of benzene rings is 1. The first kappa shape index (κ1) is 23.8. The van der Waals surface area contributed by atoms with Gasteiger partial charge in [-0.1, -0.05) is 17.7 Å². The molecule has 0 bridgehead atoms. The van der Waals surface area contributed by atoms with E-state index in [-0.39, 0.29) is 29.9 Å². The van der Waals surface area contributed by atoms with E-state index in [0.29, 0.717) is 30.7 Å². The van der Waals surface area contributed by atoms with Gasteiger partial charge in [0.15, 0.2) is 5.96 Å². The van der Waals surface area contributed by atoms with Crippen LogP contribution in [0.15, 0.2) is 29.3 Å². The Hall–Kier alpha value is -1.22. The average Bonchev–Trinajstić information content (AvgIpc) is 2.54. The zero-order valence-electron chi connectivity index (χ0n) is 15.4. The number of aliphatic imine (C=N–C) groups is 1. The highest BCUT2D eigenvalue weighted by Gasteiger charge is 2.27. The van der Waals surface area contributed by atoms with Crippen molar-refractivity contribution in [3.8, 4) is 5.75 Å². The summed E-state index contributed by atoms with van der Waals surface area (Å²) in [6.07, 6.45) is 0. The van der Waals surface area contributed by atoms with Crippen LogP contribution in [0.5, 0.6) is 5.75 Å². The van der Waals surface area contributed by atoms with Crippen molar-refractivity contribution in [2.45, 2.75) is 13.8 Å². The van der Waals surface area contributed by atoms with E-state index in [2.05, 4.69) is 15.6 Å². The van der Waals surface area contributed by atoms with Crippen LogP contribution in [-0.4, -0.2) is 57.6 Å². The molecule has 0 aromatic heterocycles. The summed E-state index contributed by atoms with van der Waals surface area (Å²) in [5, 5.41) is 6.54. The standard InChI is InChI=1S/C17H27ClN4O2.HI/c1-17(2,15(23)19-3)12-21-16(20-4)22(5)9-10-24-14-8-6-7-13(18)11-14;/h6-8,11H,9-10,12H2,1-5H3,(H,19,23)(H,20,21);1H. The van der Waals surface area contributed by atoms with E-state index in [4.69, 9.17) is 16.3 Å². The number of carbonyl (C=O) groups excluding carboxylic acids is 1. The smallest absolute Gasteiger partial charge is 0.227 e. The summed E-state index contributed by atoms with van der Waals surface area (Å²) in [7, 11) is 5.27. The molecule has 0 aliphatic carbocycles. The number of hydrogen-bond donors (Lipinski definition) is 2. The van der Waals surface area contributed by atoms with Crippen LogP contribution in [-0.2, 0) is 4.79 Å². The predicted molar refractivity (Wildman–Crippen MR) is 114 cm³/mol. The molecule has 0 aliphatic rings. The number of nitrogens with one attached hydrogen (secondary N) is 2. The van der Waals surface area contributed by atoms with Crippen molar-refractivity contribution >= 4 is 47.4 Å². The van der Waals surface area contributed by atoms with Crippen molar-refractivity contribution in [2.75, 3.05) is 40.8 Å². The fraction of sp³-hybridized carbons (Fsp3) is 0.529. The fourth-order valence-electron chi connectivity index (χ4n) is 2.07. The SMILES string of the molecule is CN=C(NCC(C)(C)C(=O)NC)N(C)CCOc1cccc(Cl)c1.I. The van der Waals surface area contributed by atoms with Crippen LogP contribution in [0.3, 0.4) is 0 Å². The van der Waals surface area contributed by atoms with Gasteiger partial charge in [0.25, 0.3) is 0 Å². The second-order valence-corrected chi connectivity index (χ2v) is 6.53. The molecule has 0 saturated heterocycles. The Balaban J connectivity index is 0.00000576. The van der Waals surface area contributed by atoms with Gasteiger partial charge >= 0.3 is 0 Å². The molecule has 0 fully saturated rings. The highest BCUT2D eigenvalue weighted by Crippen LogP contribution is 2.17. The molecule has 1 rings (SSSR count). The summed E-state index contributed by atoms with van der Waals surface area (Å²) in [5.41, 5.74) is -0.525. The first-order valence-corrected chi connectivity index (χ1v) is 8.20. The third-order valence-corrected chi connectivity index (χ3v) is 3.83. The molecule has 1 aromatic carbocycles. The van der Waals surface area contributed by atoms with Crippen LogP contribution >= 0.6 is 35.6 Å². The average molecular weight is 483 g/mol. The number of ether oxygens (including phenoxy) is 1. The van der Waals surface area contributed by atoms with E-state index < -0.39 is 5.41 Å². The molecule has 142 valence electrons. The predicted octanol–water partition coefficient (Wildman–Crippen LogP) is 2.62. The van der Waals surface area contributed by atoms with Gasteiger partial charge in [0, 0.05) is 32.7 Å². The Kier molecular flexibility index (Phi) is 10.8. The highest BCUT2D eigenvalue weighted by molar-refractivity contribution is 14.0. The lowest BCUT2D eigenvalue weighted by molar-refractivity contribution is -0.128. The Morgan fingerprint density at radius 1 is 1.40 bits per heavy atom. The van der Waals surface area contributed by atoms with Crippen molar-refractivity contribution in [1.29, 1.82) is 0 Å². The molecule has 1 amide bonds. The lowest BCUT2D eigenvalue weighted by Gasteiger charge is -2.27. The maximum absolute atomic E-state index is 11.8. The summed E-state index contributed by atoms with van der Waals surface area (Å²) in [6, 6.07) is 7.30. The van der Waals surface area contributed by atoms with Crippen LogP contribution < -0.4 is 15.4 Å². The number of hydrogen-bond acceptors (Lipinski definition) is 3. The number of rotatable bonds is 7. The number of amides is 1. The van der Waals surface area contributed by atoms with Crippen LogP contribution in [0.2, 0.25) is 5.02 Å². The highest BCUT2D eigenvalue weighted by atomic mass is 127. The molecule has 2 N–H and O–H groups in total. The quantitative estimate of drug-likeness (QED) is 0.356. The zero-order chi connectivity index (χ0) is 18.2. The number of halogens is 2. The van der Waals surface area contributed by atoms with E-state index in [0.717, 1.165) is 5.75 Å². The molecule has 0 aliphatic heterocycles. The maximum Gasteiger partial charge on any atom is 0.227 e. The molecule has 0 saturated carbocycles. The van der Waals surface area contributed by atoms with Gasteiger partial charge in [-0.15, -0.1) is 24.0 Å². The third kappa shape index (κ3) is 8.13. The topological polar surface area (TPSA) is 66.0 Å². The Bertz CT molecular complexity index is 582. The monoisotopic (exact) mass is 482 g/mol. The van der Waals surface area contributed by atoms with Crippen LogP contribution in [0.4, 0.5) is 0 Å². The van der Waals surface area contributed by atoms with Gasteiger partial charge in [0.1, 0.15) is 12.4 Å².